The van der Waals surface area contributed by atoms with Gasteiger partial charge in [0.15, 0.2) is 0 Å². The molecule has 0 unspecified atom stereocenters. The van der Waals surface area contributed by atoms with Crippen molar-refractivity contribution >= 4 is 23.2 Å². The third kappa shape index (κ3) is 3.53. The van der Waals surface area contributed by atoms with Gasteiger partial charge in [-0.15, -0.1) is 11.3 Å². The highest BCUT2D eigenvalue weighted by molar-refractivity contribution is 7.13. The molecule has 100 valence electrons. The number of aromatic nitrogens is 1. The molecule has 0 radical (unpaired) electrons. The van der Waals surface area contributed by atoms with Crippen molar-refractivity contribution in [3.63, 3.8) is 0 Å². The number of carboxylic acid groups (broad SMARTS) is 1. The van der Waals surface area contributed by atoms with Crippen LogP contribution in [0.1, 0.15) is 40.6 Å². The number of aliphatic carboxylic acids is 1. The van der Waals surface area contributed by atoms with Crippen molar-refractivity contribution in [2.45, 2.75) is 33.6 Å². The fourth-order valence-corrected chi connectivity index (χ4v) is 2.55. The highest BCUT2D eigenvalue weighted by atomic mass is 32.1. The van der Waals surface area contributed by atoms with Crippen LogP contribution in [0.15, 0.2) is 0 Å². The van der Waals surface area contributed by atoms with Crippen LogP contribution in [0.25, 0.3) is 0 Å². The summed E-state index contributed by atoms with van der Waals surface area (Å²) in [6, 6.07) is 0. The average Bonchev–Trinajstić information content (AvgIpc) is 2.70. The second-order valence-electron chi connectivity index (χ2n) is 3.90. The fraction of sp³-hybridized carbons (Fsp3) is 0.583. The molecule has 0 fully saturated rings. The van der Waals surface area contributed by atoms with E-state index >= 15 is 0 Å². The van der Waals surface area contributed by atoms with Crippen molar-refractivity contribution in [3.8, 4) is 0 Å². The summed E-state index contributed by atoms with van der Waals surface area (Å²) in [6.45, 7) is 6.40. The first kappa shape index (κ1) is 14.6. The molecule has 1 amide bonds. The Balaban J connectivity index is 2.82. The van der Waals surface area contributed by atoms with E-state index < -0.39 is 5.97 Å². The van der Waals surface area contributed by atoms with E-state index in [0.717, 1.165) is 17.1 Å². The van der Waals surface area contributed by atoms with Gasteiger partial charge in [-0.25, -0.2) is 4.98 Å². The Hall–Kier alpha value is -1.43. The minimum absolute atomic E-state index is 0.0297. The Labute approximate surface area is 110 Å². The molecule has 1 aromatic heterocycles. The summed E-state index contributed by atoms with van der Waals surface area (Å²) < 4.78 is 0. The highest BCUT2D eigenvalue weighted by Gasteiger charge is 2.20. The van der Waals surface area contributed by atoms with Gasteiger partial charge in [-0.1, -0.05) is 6.92 Å². The summed E-state index contributed by atoms with van der Waals surface area (Å²) in [5, 5.41) is 9.59. The summed E-state index contributed by atoms with van der Waals surface area (Å²) in [6.07, 6.45) is 0.776. The first-order valence-electron chi connectivity index (χ1n) is 5.96. The van der Waals surface area contributed by atoms with Crippen LogP contribution in [0, 0.1) is 6.92 Å². The smallest absolute Gasteiger partial charge is 0.305 e. The molecule has 6 heteroatoms. The summed E-state index contributed by atoms with van der Waals surface area (Å²) in [5.41, 5.74) is 0.732. The monoisotopic (exact) mass is 270 g/mol. The van der Waals surface area contributed by atoms with Crippen LogP contribution < -0.4 is 0 Å². The van der Waals surface area contributed by atoms with E-state index in [1.54, 1.807) is 4.90 Å². The van der Waals surface area contributed by atoms with Gasteiger partial charge in [-0.2, -0.15) is 0 Å². The molecule has 0 aliphatic heterocycles. The van der Waals surface area contributed by atoms with Crippen LogP contribution >= 0.6 is 11.3 Å². The van der Waals surface area contributed by atoms with Crippen LogP contribution in [-0.2, 0) is 11.2 Å². The molecule has 1 heterocycles. The number of thiazole rings is 1. The standard InChI is InChI=1S/C12H18N2O3S/c1-4-9-13-8(3)11(18-9)12(17)14(5-2)7-6-10(15)16/h4-7H2,1-3H3,(H,15,16). The first-order chi connectivity index (χ1) is 8.49. The number of carboxylic acids is 1. The van der Waals surface area contributed by atoms with Gasteiger partial charge in [-0.3, -0.25) is 9.59 Å². The lowest BCUT2D eigenvalue weighted by molar-refractivity contribution is -0.137. The molecule has 5 nitrogen and oxygen atoms in total. The molecule has 1 N–H and O–H groups in total. The summed E-state index contributed by atoms with van der Waals surface area (Å²) in [5.74, 6) is -1.01. The molecule has 0 saturated heterocycles. The number of rotatable bonds is 6. The molecule has 1 aromatic rings. The Morgan fingerprint density at radius 1 is 1.39 bits per heavy atom. The molecular weight excluding hydrogens is 252 g/mol. The predicted octanol–water partition coefficient (Wildman–Crippen LogP) is 1.95. The van der Waals surface area contributed by atoms with Gasteiger partial charge in [0.1, 0.15) is 4.88 Å². The molecule has 0 saturated carbocycles. The lowest BCUT2D eigenvalue weighted by atomic mass is 10.3. The summed E-state index contributed by atoms with van der Waals surface area (Å²) >= 11 is 1.40. The topological polar surface area (TPSA) is 70.5 Å². The van der Waals surface area contributed by atoms with E-state index in [-0.39, 0.29) is 18.9 Å². The van der Waals surface area contributed by atoms with Crippen LogP contribution in [-0.4, -0.2) is 40.0 Å². The minimum Gasteiger partial charge on any atom is -0.481 e. The number of aryl methyl sites for hydroxylation is 2. The maximum Gasteiger partial charge on any atom is 0.305 e. The highest BCUT2D eigenvalue weighted by Crippen LogP contribution is 2.20. The maximum atomic E-state index is 12.2. The van der Waals surface area contributed by atoms with E-state index in [4.69, 9.17) is 5.11 Å². The van der Waals surface area contributed by atoms with E-state index in [0.29, 0.717) is 11.4 Å². The largest absolute Gasteiger partial charge is 0.481 e. The van der Waals surface area contributed by atoms with Gasteiger partial charge in [0.25, 0.3) is 5.91 Å². The second kappa shape index (κ2) is 6.49. The fourth-order valence-electron chi connectivity index (χ4n) is 1.58. The van der Waals surface area contributed by atoms with Crippen molar-refractivity contribution in [2.24, 2.45) is 0 Å². The van der Waals surface area contributed by atoms with Crippen LogP contribution in [0.3, 0.4) is 0 Å². The lowest BCUT2D eigenvalue weighted by Gasteiger charge is -2.19. The van der Waals surface area contributed by atoms with Crippen LogP contribution in [0.4, 0.5) is 0 Å². The number of hydrogen-bond donors (Lipinski definition) is 1. The molecule has 0 atom stereocenters. The average molecular weight is 270 g/mol. The van der Waals surface area contributed by atoms with Crippen LogP contribution in [0.2, 0.25) is 0 Å². The van der Waals surface area contributed by atoms with Gasteiger partial charge in [0, 0.05) is 13.1 Å². The minimum atomic E-state index is -0.892. The van der Waals surface area contributed by atoms with Gasteiger partial charge in [0.05, 0.1) is 17.1 Å². The molecule has 1 rings (SSSR count). The zero-order valence-electron chi connectivity index (χ0n) is 10.9. The first-order valence-corrected chi connectivity index (χ1v) is 6.78. The van der Waals surface area contributed by atoms with Crippen molar-refractivity contribution in [1.29, 1.82) is 0 Å². The molecule has 0 bridgehead atoms. The van der Waals surface area contributed by atoms with Crippen LogP contribution in [0.5, 0.6) is 0 Å². The Morgan fingerprint density at radius 3 is 2.50 bits per heavy atom. The summed E-state index contributed by atoms with van der Waals surface area (Å²) in [7, 11) is 0. The number of carbonyl (C=O) groups is 2. The van der Waals surface area contributed by atoms with E-state index in [1.165, 1.54) is 11.3 Å². The SMILES string of the molecule is CCc1nc(C)c(C(=O)N(CC)CCC(=O)O)s1. The molecule has 0 spiro atoms. The molecule has 18 heavy (non-hydrogen) atoms. The molecule has 0 aliphatic carbocycles. The Bertz CT molecular complexity index is 443. The predicted molar refractivity (Wildman–Crippen MR) is 70.1 cm³/mol. The lowest BCUT2D eigenvalue weighted by Crippen LogP contribution is -2.32. The van der Waals surface area contributed by atoms with Gasteiger partial charge in [-0.05, 0) is 20.3 Å². The number of nitrogens with zero attached hydrogens (tertiary/aromatic N) is 2. The Kier molecular flexibility index (Phi) is 5.27. The zero-order chi connectivity index (χ0) is 13.7. The molecule has 0 aromatic carbocycles. The van der Waals surface area contributed by atoms with Crippen molar-refractivity contribution in [1.82, 2.24) is 9.88 Å². The van der Waals surface area contributed by atoms with Gasteiger partial charge in [0.2, 0.25) is 0 Å². The van der Waals surface area contributed by atoms with E-state index in [1.807, 2.05) is 20.8 Å². The Morgan fingerprint density at radius 2 is 2.06 bits per heavy atom. The second-order valence-corrected chi connectivity index (χ2v) is 4.99. The zero-order valence-corrected chi connectivity index (χ0v) is 11.7. The molecule has 0 aliphatic rings. The third-order valence-electron chi connectivity index (χ3n) is 2.60. The normalized spacial score (nSPS) is 10.4. The third-order valence-corrected chi connectivity index (χ3v) is 3.89. The van der Waals surface area contributed by atoms with Crippen molar-refractivity contribution in [2.75, 3.05) is 13.1 Å². The van der Waals surface area contributed by atoms with Crippen molar-refractivity contribution in [3.05, 3.63) is 15.6 Å². The van der Waals surface area contributed by atoms with Gasteiger partial charge < -0.3 is 10.0 Å². The maximum absolute atomic E-state index is 12.2. The van der Waals surface area contributed by atoms with Crippen molar-refractivity contribution < 1.29 is 14.7 Å². The van der Waals surface area contributed by atoms with E-state index in [2.05, 4.69) is 4.98 Å². The quantitative estimate of drug-likeness (QED) is 0.857. The molecular formula is C12H18N2O3S. The number of carbonyl (C=O) groups excluding carboxylic acids is 1. The van der Waals surface area contributed by atoms with E-state index in [9.17, 15) is 9.59 Å². The van der Waals surface area contributed by atoms with Gasteiger partial charge >= 0.3 is 5.97 Å². The number of amides is 1. The number of hydrogen-bond acceptors (Lipinski definition) is 4. The summed E-state index contributed by atoms with van der Waals surface area (Å²) in [4.78, 5) is 29.3.